The van der Waals surface area contributed by atoms with E-state index in [0.717, 1.165) is 51.0 Å². The molecule has 0 bridgehead atoms. The minimum atomic E-state index is 0.141. The first-order valence-electron chi connectivity index (χ1n) is 9.12. The summed E-state index contributed by atoms with van der Waals surface area (Å²) in [5.41, 5.74) is 0. The Morgan fingerprint density at radius 2 is 1.68 bits per heavy atom. The molecule has 5 nitrogen and oxygen atoms in total. The highest BCUT2D eigenvalue weighted by Crippen LogP contribution is 2.29. The molecule has 3 aliphatic rings. The summed E-state index contributed by atoms with van der Waals surface area (Å²) in [6, 6.07) is 1.72. The van der Waals surface area contributed by atoms with Gasteiger partial charge in [0.15, 0.2) is 0 Å². The standard InChI is InChI=1S/C17H32N4O/c1-13-3-5-16(6-4-13)20-9-8-15(12-20)19-17(22)21-10-7-14(11-21)18-2/h13-16,18H,3-12H2,1-2H3,(H,19,22). The van der Waals surface area contributed by atoms with Crippen LogP contribution in [0.5, 0.6) is 0 Å². The lowest BCUT2D eigenvalue weighted by atomic mass is 9.87. The number of carbonyl (C=O) groups is 1. The van der Waals surface area contributed by atoms with Gasteiger partial charge in [0.05, 0.1) is 0 Å². The molecular formula is C17H32N4O. The molecule has 2 aliphatic heterocycles. The maximum Gasteiger partial charge on any atom is 0.317 e. The molecular weight excluding hydrogens is 276 g/mol. The van der Waals surface area contributed by atoms with Crippen molar-refractivity contribution in [3.63, 3.8) is 0 Å². The second kappa shape index (κ2) is 7.18. The monoisotopic (exact) mass is 308 g/mol. The topological polar surface area (TPSA) is 47.6 Å². The molecule has 2 atom stereocenters. The van der Waals surface area contributed by atoms with Crippen LogP contribution in [0.15, 0.2) is 0 Å². The molecule has 2 saturated heterocycles. The summed E-state index contributed by atoms with van der Waals surface area (Å²) in [6.07, 6.45) is 7.62. The number of likely N-dealkylation sites (N-methyl/N-ethyl adjacent to an activating group) is 1. The van der Waals surface area contributed by atoms with Gasteiger partial charge in [0.1, 0.15) is 0 Å². The smallest absolute Gasteiger partial charge is 0.317 e. The maximum absolute atomic E-state index is 12.4. The Labute approximate surface area is 134 Å². The molecule has 0 aromatic heterocycles. The van der Waals surface area contributed by atoms with Crippen molar-refractivity contribution < 1.29 is 4.79 Å². The summed E-state index contributed by atoms with van der Waals surface area (Å²) in [4.78, 5) is 16.9. The van der Waals surface area contributed by atoms with Crippen LogP contribution in [0.25, 0.3) is 0 Å². The number of nitrogens with one attached hydrogen (secondary N) is 2. The third-order valence-electron chi connectivity index (χ3n) is 5.93. The molecule has 2 amide bonds. The lowest BCUT2D eigenvalue weighted by Crippen LogP contribution is -2.46. The summed E-state index contributed by atoms with van der Waals surface area (Å²) in [5, 5.41) is 6.53. The summed E-state index contributed by atoms with van der Waals surface area (Å²) in [7, 11) is 1.98. The Balaban J connectivity index is 1.42. The Morgan fingerprint density at radius 1 is 0.955 bits per heavy atom. The van der Waals surface area contributed by atoms with Crippen molar-refractivity contribution in [2.24, 2.45) is 5.92 Å². The molecule has 0 radical (unpaired) electrons. The lowest BCUT2D eigenvalue weighted by Gasteiger charge is -2.33. The predicted molar refractivity (Wildman–Crippen MR) is 89.0 cm³/mol. The molecule has 3 rings (SSSR count). The second-order valence-electron chi connectivity index (χ2n) is 7.56. The fourth-order valence-corrected chi connectivity index (χ4v) is 4.29. The predicted octanol–water partition coefficient (Wildman–Crippen LogP) is 1.64. The van der Waals surface area contributed by atoms with Gasteiger partial charge in [-0.05, 0) is 51.5 Å². The number of amides is 2. The number of likely N-dealkylation sites (tertiary alicyclic amines) is 2. The van der Waals surface area contributed by atoms with Crippen molar-refractivity contribution in [2.75, 3.05) is 33.2 Å². The number of rotatable bonds is 3. The number of hydrogen-bond acceptors (Lipinski definition) is 3. The van der Waals surface area contributed by atoms with E-state index in [1.165, 1.54) is 25.7 Å². The Morgan fingerprint density at radius 3 is 2.36 bits per heavy atom. The van der Waals surface area contributed by atoms with Crippen LogP contribution in [0.3, 0.4) is 0 Å². The van der Waals surface area contributed by atoms with Crippen LogP contribution in [0.1, 0.15) is 45.4 Å². The molecule has 0 spiro atoms. The van der Waals surface area contributed by atoms with Gasteiger partial charge in [0.2, 0.25) is 0 Å². The summed E-state index contributed by atoms with van der Waals surface area (Å²) < 4.78 is 0. The van der Waals surface area contributed by atoms with E-state index in [4.69, 9.17) is 0 Å². The zero-order chi connectivity index (χ0) is 15.5. The van der Waals surface area contributed by atoms with Crippen molar-refractivity contribution in [1.82, 2.24) is 20.4 Å². The average Bonchev–Trinajstić information content (AvgIpc) is 3.17. The van der Waals surface area contributed by atoms with Gasteiger partial charge in [-0.15, -0.1) is 0 Å². The van der Waals surface area contributed by atoms with Crippen molar-refractivity contribution in [3.05, 3.63) is 0 Å². The van der Waals surface area contributed by atoms with Gasteiger partial charge in [-0.1, -0.05) is 6.92 Å². The molecule has 2 N–H and O–H groups in total. The molecule has 2 heterocycles. The number of carbonyl (C=O) groups excluding carboxylic acids is 1. The maximum atomic E-state index is 12.4. The first kappa shape index (κ1) is 16.1. The third-order valence-corrected chi connectivity index (χ3v) is 5.93. The SMILES string of the molecule is CNC1CCN(C(=O)NC2CCN(C3CCC(C)CC3)C2)C1. The highest BCUT2D eigenvalue weighted by Gasteiger charge is 2.32. The number of hydrogen-bond donors (Lipinski definition) is 2. The van der Waals surface area contributed by atoms with Gasteiger partial charge in [-0.2, -0.15) is 0 Å². The zero-order valence-corrected chi connectivity index (χ0v) is 14.2. The van der Waals surface area contributed by atoms with E-state index in [9.17, 15) is 4.79 Å². The van der Waals surface area contributed by atoms with E-state index in [1.807, 2.05) is 11.9 Å². The number of nitrogens with zero attached hydrogens (tertiary/aromatic N) is 2. The van der Waals surface area contributed by atoms with Gasteiger partial charge in [-0.25, -0.2) is 4.79 Å². The highest BCUT2D eigenvalue weighted by molar-refractivity contribution is 5.75. The first-order chi connectivity index (χ1) is 10.7. The molecule has 3 fully saturated rings. The summed E-state index contributed by atoms with van der Waals surface area (Å²) in [5.74, 6) is 0.907. The van der Waals surface area contributed by atoms with Gasteiger partial charge in [0.25, 0.3) is 0 Å². The fourth-order valence-electron chi connectivity index (χ4n) is 4.29. The van der Waals surface area contributed by atoms with Crippen molar-refractivity contribution in [1.29, 1.82) is 0 Å². The first-order valence-corrected chi connectivity index (χ1v) is 9.12. The minimum absolute atomic E-state index is 0.141. The molecule has 1 aliphatic carbocycles. The van der Waals surface area contributed by atoms with Crippen LogP contribution < -0.4 is 10.6 Å². The van der Waals surface area contributed by atoms with Gasteiger partial charge >= 0.3 is 6.03 Å². The second-order valence-corrected chi connectivity index (χ2v) is 7.56. The van der Waals surface area contributed by atoms with Crippen LogP contribution in [0.2, 0.25) is 0 Å². The van der Waals surface area contributed by atoms with Gasteiger partial charge < -0.3 is 15.5 Å². The van der Waals surface area contributed by atoms with Gasteiger partial charge in [-0.3, -0.25) is 4.90 Å². The largest absolute Gasteiger partial charge is 0.334 e. The third kappa shape index (κ3) is 3.74. The van der Waals surface area contributed by atoms with E-state index < -0.39 is 0 Å². The van der Waals surface area contributed by atoms with Crippen molar-refractivity contribution in [2.45, 2.75) is 63.6 Å². The zero-order valence-electron chi connectivity index (χ0n) is 14.2. The molecule has 126 valence electrons. The normalized spacial score (nSPS) is 36.7. The van der Waals surface area contributed by atoms with E-state index in [2.05, 4.69) is 22.5 Å². The summed E-state index contributed by atoms with van der Waals surface area (Å²) in [6.45, 7) is 6.31. The number of urea groups is 1. The Kier molecular flexibility index (Phi) is 5.24. The minimum Gasteiger partial charge on any atom is -0.334 e. The van der Waals surface area contributed by atoms with Crippen molar-refractivity contribution in [3.8, 4) is 0 Å². The summed E-state index contributed by atoms with van der Waals surface area (Å²) >= 11 is 0. The fraction of sp³-hybridized carbons (Fsp3) is 0.941. The molecule has 5 heteroatoms. The van der Waals surface area contributed by atoms with Crippen LogP contribution in [0, 0.1) is 5.92 Å². The molecule has 0 aromatic carbocycles. The van der Waals surface area contributed by atoms with Crippen LogP contribution >= 0.6 is 0 Å². The average molecular weight is 308 g/mol. The molecule has 0 aromatic rings. The van der Waals surface area contributed by atoms with E-state index in [1.54, 1.807) is 0 Å². The van der Waals surface area contributed by atoms with Crippen molar-refractivity contribution >= 4 is 6.03 Å². The molecule has 1 saturated carbocycles. The Bertz CT molecular complexity index is 381. The van der Waals surface area contributed by atoms with Crippen LogP contribution in [-0.4, -0.2) is 67.2 Å². The molecule has 2 unspecified atom stereocenters. The highest BCUT2D eigenvalue weighted by atomic mass is 16.2. The Hall–Kier alpha value is -0.810. The lowest BCUT2D eigenvalue weighted by molar-refractivity contribution is 0.165. The van der Waals surface area contributed by atoms with Crippen LogP contribution in [-0.2, 0) is 0 Å². The van der Waals surface area contributed by atoms with E-state index >= 15 is 0 Å². The van der Waals surface area contributed by atoms with E-state index in [-0.39, 0.29) is 6.03 Å². The molecule has 22 heavy (non-hydrogen) atoms. The quantitative estimate of drug-likeness (QED) is 0.833. The van der Waals surface area contributed by atoms with Gasteiger partial charge in [0, 0.05) is 44.3 Å². The van der Waals surface area contributed by atoms with E-state index in [0.29, 0.717) is 12.1 Å². The van der Waals surface area contributed by atoms with Crippen LogP contribution in [0.4, 0.5) is 4.79 Å².